The number of esters is 5. The fraction of sp³-hybridized carbons (Fsp3) is 0.606. The van der Waals surface area contributed by atoms with Crippen molar-refractivity contribution in [2.75, 3.05) is 27.3 Å². The highest BCUT2D eigenvalue weighted by atomic mass is 16.7. The molecule has 7 atom stereocenters. The van der Waals surface area contributed by atoms with Gasteiger partial charge >= 0.3 is 29.8 Å². The fourth-order valence-corrected chi connectivity index (χ4v) is 7.31. The van der Waals surface area contributed by atoms with Crippen molar-refractivity contribution in [3.63, 3.8) is 0 Å². The van der Waals surface area contributed by atoms with E-state index in [0.29, 0.717) is 37.3 Å². The number of methoxy groups -OCH3 is 1. The highest BCUT2D eigenvalue weighted by Gasteiger charge is 2.72. The Morgan fingerprint density at radius 2 is 1.72 bits per heavy atom. The van der Waals surface area contributed by atoms with Crippen LogP contribution in [-0.2, 0) is 59.5 Å². The number of carbonyl (C=O) groups excluding carboxylic acids is 5. The first-order valence-corrected chi connectivity index (χ1v) is 15.7. The number of likely N-dealkylation sites (tertiary alicyclic amines) is 1. The molecule has 0 unspecified atom stereocenters. The van der Waals surface area contributed by atoms with E-state index in [1.165, 1.54) is 14.0 Å². The molecule has 1 saturated heterocycles. The molecule has 14 heteroatoms. The van der Waals surface area contributed by atoms with Gasteiger partial charge in [-0.25, -0.2) is 14.4 Å². The molecule has 0 aromatic heterocycles. The van der Waals surface area contributed by atoms with Crippen LogP contribution in [0.1, 0.15) is 64.5 Å². The standard InChI is InChI=1S/C33H41NO13/c1-7-8-15-42-29(37)17(2)43-30(38)26(44-18(3)35)27(45-19(4)36)31(39)46-22-11-12-33(40)23-16-20-9-10-21(41-6)25-24(20)32(33,28(22)47-25)13-14-34(23)5/h9-11,17,23,26-28,40H,7-8,12-16H2,1-6H3/t17-,23+,26+,27+,28-,32-,33+/m0/s1. The van der Waals surface area contributed by atoms with Gasteiger partial charge in [-0.05, 0) is 57.5 Å². The van der Waals surface area contributed by atoms with Crippen LogP contribution < -0.4 is 9.47 Å². The van der Waals surface area contributed by atoms with Crippen molar-refractivity contribution in [2.45, 2.75) is 101 Å². The van der Waals surface area contributed by atoms with Crippen LogP contribution in [0.15, 0.2) is 24.0 Å². The maximum Gasteiger partial charge on any atom is 0.357 e. The molecule has 1 N–H and O–H groups in total. The monoisotopic (exact) mass is 659 g/mol. The quantitative estimate of drug-likeness (QED) is 0.195. The summed E-state index contributed by atoms with van der Waals surface area (Å²) in [6, 6.07) is 3.49. The molecule has 0 radical (unpaired) electrons. The summed E-state index contributed by atoms with van der Waals surface area (Å²) in [6.07, 6.45) is -2.59. The molecule has 2 aliphatic carbocycles. The Kier molecular flexibility index (Phi) is 9.56. The van der Waals surface area contributed by atoms with Gasteiger partial charge in [0.1, 0.15) is 5.76 Å². The molecule has 1 aromatic rings. The molecule has 5 rings (SSSR count). The van der Waals surface area contributed by atoms with Crippen LogP contribution in [0, 0.1) is 0 Å². The van der Waals surface area contributed by atoms with Gasteiger partial charge < -0.3 is 43.2 Å². The molecule has 256 valence electrons. The Bertz CT molecular complexity index is 1490. The normalized spacial score (nSPS) is 27.1. The van der Waals surface area contributed by atoms with Crippen LogP contribution in [-0.4, -0.2) is 103 Å². The second-order valence-corrected chi connectivity index (χ2v) is 12.4. The topological polar surface area (TPSA) is 173 Å². The number of rotatable bonds is 12. The Hall–Kier alpha value is -4.17. The zero-order valence-electron chi connectivity index (χ0n) is 27.4. The van der Waals surface area contributed by atoms with Gasteiger partial charge in [-0.15, -0.1) is 0 Å². The van der Waals surface area contributed by atoms with Gasteiger partial charge in [0.05, 0.1) is 24.7 Å². The summed E-state index contributed by atoms with van der Waals surface area (Å²) in [7, 11) is 3.47. The predicted molar refractivity (Wildman–Crippen MR) is 160 cm³/mol. The summed E-state index contributed by atoms with van der Waals surface area (Å²) >= 11 is 0. The SMILES string of the molecule is CCCCOC(=O)[C@H](C)OC(=O)[C@H](OC(C)=O)[C@@H](OC(C)=O)C(=O)OC1=CC[C@@]2(O)[C@H]3Cc4ccc(OC)c5c4[C@@]2(CCN3C)[C@H]1O5. The average Bonchev–Trinajstić information content (AvgIpc) is 3.37. The van der Waals surface area contributed by atoms with E-state index in [0.717, 1.165) is 31.4 Å². The molecule has 1 fully saturated rings. The third-order valence-corrected chi connectivity index (χ3v) is 9.47. The number of benzene rings is 1. The first-order valence-electron chi connectivity index (χ1n) is 15.7. The lowest BCUT2D eigenvalue weighted by Crippen LogP contribution is -2.74. The molecular formula is C33H41NO13. The minimum atomic E-state index is -2.12. The van der Waals surface area contributed by atoms with Gasteiger partial charge in [-0.2, -0.15) is 0 Å². The molecule has 14 nitrogen and oxygen atoms in total. The lowest BCUT2D eigenvalue weighted by Gasteiger charge is -2.61. The summed E-state index contributed by atoms with van der Waals surface area (Å²) < 4.78 is 38.5. The van der Waals surface area contributed by atoms with E-state index < -0.39 is 65.3 Å². The van der Waals surface area contributed by atoms with Crippen LogP contribution >= 0.6 is 0 Å². The molecule has 4 aliphatic rings. The van der Waals surface area contributed by atoms with Crippen LogP contribution in [0.25, 0.3) is 0 Å². The third kappa shape index (κ3) is 5.81. The minimum absolute atomic E-state index is 0.0223. The first-order chi connectivity index (χ1) is 22.3. The summed E-state index contributed by atoms with van der Waals surface area (Å²) in [5, 5.41) is 12.4. The predicted octanol–water partition coefficient (Wildman–Crippen LogP) is 1.65. The molecule has 0 saturated carbocycles. The van der Waals surface area contributed by atoms with Crippen molar-refractivity contribution in [3.05, 3.63) is 35.1 Å². The molecule has 1 aromatic carbocycles. The number of ether oxygens (including phenoxy) is 7. The van der Waals surface area contributed by atoms with Gasteiger partial charge in [0.15, 0.2) is 23.7 Å². The van der Waals surface area contributed by atoms with Crippen LogP contribution in [0.4, 0.5) is 0 Å². The lowest BCUT2D eigenvalue weighted by molar-refractivity contribution is -0.195. The van der Waals surface area contributed by atoms with E-state index in [1.54, 1.807) is 12.1 Å². The number of carbonyl (C=O) groups is 5. The number of likely N-dealkylation sites (N-methyl/N-ethyl adjacent to an activating group) is 1. The zero-order valence-corrected chi connectivity index (χ0v) is 27.4. The zero-order chi connectivity index (χ0) is 34.3. The maximum atomic E-state index is 13.8. The molecule has 47 heavy (non-hydrogen) atoms. The van der Waals surface area contributed by atoms with Gasteiger partial charge in [0, 0.05) is 31.9 Å². The molecule has 1 spiro atoms. The summed E-state index contributed by atoms with van der Waals surface area (Å²) in [5.41, 5.74) is -0.514. The second kappa shape index (κ2) is 13.1. The summed E-state index contributed by atoms with van der Waals surface area (Å²) in [5.74, 6) is -4.51. The van der Waals surface area contributed by atoms with Gasteiger partial charge in [0.25, 0.3) is 0 Å². The highest BCUT2D eigenvalue weighted by Crippen LogP contribution is 2.65. The summed E-state index contributed by atoms with van der Waals surface area (Å²) in [6.45, 7) is 5.87. The maximum absolute atomic E-state index is 13.8. The molecule has 0 amide bonds. The number of hydrogen-bond donors (Lipinski definition) is 1. The van der Waals surface area contributed by atoms with Gasteiger partial charge in [-0.3, -0.25) is 9.59 Å². The van der Waals surface area contributed by atoms with Gasteiger partial charge in [-0.1, -0.05) is 19.4 Å². The second-order valence-electron chi connectivity index (χ2n) is 12.4. The Balaban J connectivity index is 1.45. The number of hydrogen-bond acceptors (Lipinski definition) is 14. The highest BCUT2D eigenvalue weighted by molar-refractivity contribution is 5.90. The van der Waals surface area contributed by atoms with Gasteiger partial charge in [0.2, 0.25) is 12.2 Å². The molecule has 2 bridgehead atoms. The van der Waals surface area contributed by atoms with Crippen LogP contribution in [0.5, 0.6) is 11.5 Å². The number of aliphatic hydroxyl groups is 1. The van der Waals surface area contributed by atoms with E-state index >= 15 is 0 Å². The van der Waals surface area contributed by atoms with Crippen molar-refractivity contribution >= 4 is 29.8 Å². The van der Waals surface area contributed by atoms with Crippen molar-refractivity contribution in [3.8, 4) is 11.5 Å². The minimum Gasteiger partial charge on any atom is -0.493 e. The molecule has 2 aliphatic heterocycles. The van der Waals surface area contributed by atoms with Crippen molar-refractivity contribution < 1.29 is 62.2 Å². The fourth-order valence-electron chi connectivity index (χ4n) is 7.31. The van der Waals surface area contributed by atoms with Crippen molar-refractivity contribution in [1.82, 2.24) is 4.90 Å². The first kappa shape index (κ1) is 34.2. The molecule has 2 heterocycles. The lowest BCUT2D eigenvalue weighted by atomic mass is 9.50. The largest absolute Gasteiger partial charge is 0.493 e. The van der Waals surface area contributed by atoms with E-state index in [4.69, 9.17) is 33.2 Å². The summed E-state index contributed by atoms with van der Waals surface area (Å²) in [4.78, 5) is 65.8. The molecular weight excluding hydrogens is 618 g/mol. The number of piperidine rings is 1. The Morgan fingerprint density at radius 1 is 1.04 bits per heavy atom. The average molecular weight is 660 g/mol. The number of unbranched alkanes of at least 4 members (excludes halogenated alkanes) is 1. The Morgan fingerprint density at radius 3 is 2.36 bits per heavy atom. The van der Waals surface area contributed by atoms with Crippen molar-refractivity contribution in [1.29, 1.82) is 0 Å². The Labute approximate surface area is 272 Å². The van der Waals surface area contributed by atoms with Crippen molar-refractivity contribution in [2.24, 2.45) is 0 Å². The number of nitrogens with zero attached hydrogens (tertiary/aromatic N) is 1. The smallest absolute Gasteiger partial charge is 0.357 e. The van der Waals surface area contributed by atoms with Crippen LogP contribution in [0.3, 0.4) is 0 Å². The van der Waals surface area contributed by atoms with E-state index in [-0.39, 0.29) is 24.8 Å². The van der Waals surface area contributed by atoms with E-state index in [9.17, 15) is 29.1 Å². The van der Waals surface area contributed by atoms with Crippen LogP contribution in [0.2, 0.25) is 0 Å². The van der Waals surface area contributed by atoms with E-state index in [1.807, 2.05) is 20.0 Å². The third-order valence-electron chi connectivity index (χ3n) is 9.47. The van der Waals surface area contributed by atoms with E-state index in [2.05, 4.69) is 4.90 Å².